The molecule has 1 aromatic heterocycles. The van der Waals surface area contributed by atoms with Crippen molar-refractivity contribution in [2.75, 3.05) is 0 Å². The lowest BCUT2D eigenvalue weighted by Crippen LogP contribution is -2.02. The highest BCUT2D eigenvalue weighted by atomic mass is 14.9. The van der Waals surface area contributed by atoms with Gasteiger partial charge in [0.2, 0.25) is 0 Å². The van der Waals surface area contributed by atoms with Crippen molar-refractivity contribution >= 4 is 27.1 Å². The van der Waals surface area contributed by atoms with Crippen LogP contribution in [0.25, 0.3) is 72.1 Å². The first-order chi connectivity index (χ1) is 23.1. The van der Waals surface area contributed by atoms with Crippen molar-refractivity contribution in [1.82, 2.24) is 9.97 Å². The largest absolute Gasteiger partial charge is 0.228 e. The molecule has 0 spiro atoms. The molecule has 47 heavy (non-hydrogen) atoms. The zero-order valence-electron chi connectivity index (χ0n) is 27.5. The second-order valence-corrected chi connectivity index (χ2v) is 12.1. The van der Waals surface area contributed by atoms with Crippen molar-refractivity contribution < 1.29 is 0 Å². The van der Waals surface area contributed by atoms with Crippen LogP contribution in [0.1, 0.15) is 37.0 Å². The molecule has 7 rings (SSSR count). The van der Waals surface area contributed by atoms with E-state index in [1.807, 2.05) is 0 Å². The summed E-state index contributed by atoms with van der Waals surface area (Å²) >= 11 is 0. The van der Waals surface area contributed by atoms with Crippen molar-refractivity contribution in [3.05, 3.63) is 162 Å². The fourth-order valence-electron chi connectivity index (χ4n) is 6.60. The molecule has 228 valence electrons. The van der Waals surface area contributed by atoms with Crippen LogP contribution < -0.4 is 0 Å². The first kappa shape index (κ1) is 30.1. The molecule has 0 saturated heterocycles. The minimum absolute atomic E-state index is 0.718. The van der Waals surface area contributed by atoms with Crippen molar-refractivity contribution in [3.63, 3.8) is 0 Å². The number of hydrogen-bond donors (Lipinski definition) is 0. The van der Waals surface area contributed by atoms with E-state index in [0.717, 1.165) is 57.0 Å². The molecule has 0 amide bonds. The molecule has 0 saturated carbocycles. The highest BCUT2D eigenvalue weighted by Gasteiger charge is 2.19. The average Bonchev–Trinajstić information content (AvgIpc) is 3.12. The quantitative estimate of drug-likeness (QED) is 0.133. The summed E-state index contributed by atoms with van der Waals surface area (Å²) < 4.78 is 0. The molecule has 2 nitrogen and oxygen atoms in total. The van der Waals surface area contributed by atoms with Gasteiger partial charge in [0, 0.05) is 22.3 Å². The van der Waals surface area contributed by atoms with E-state index in [1.165, 1.54) is 38.2 Å². The summed E-state index contributed by atoms with van der Waals surface area (Å²) in [5.41, 5.74) is 12.1. The molecule has 0 aliphatic rings. The van der Waals surface area contributed by atoms with Crippen LogP contribution in [-0.2, 0) is 0 Å². The number of allylic oxidation sites excluding steroid dienone is 4. The first-order valence-corrected chi connectivity index (χ1v) is 16.4. The van der Waals surface area contributed by atoms with E-state index in [4.69, 9.17) is 9.97 Å². The molecule has 0 fully saturated rings. The smallest absolute Gasteiger partial charge is 0.160 e. The molecule has 2 heteroatoms. The molecular weight excluding hydrogens is 569 g/mol. The van der Waals surface area contributed by atoms with Gasteiger partial charge in [-0.05, 0) is 101 Å². The van der Waals surface area contributed by atoms with Gasteiger partial charge in [-0.2, -0.15) is 0 Å². The Hall–Kier alpha value is -5.60. The maximum absolute atomic E-state index is 5.35. The van der Waals surface area contributed by atoms with Gasteiger partial charge in [0.25, 0.3) is 0 Å². The number of aromatic nitrogens is 2. The van der Waals surface area contributed by atoms with Crippen LogP contribution in [-0.4, -0.2) is 9.97 Å². The molecule has 0 N–H and O–H groups in total. The summed E-state index contributed by atoms with van der Waals surface area (Å²) in [4.78, 5) is 10.7. The Balaban J connectivity index is 1.54. The molecule has 0 aliphatic heterocycles. The number of benzene rings is 6. The highest BCUT2D eigenvalue weighted by Crippen LogP contribution is 2.39. The van der Waals surface area contributed by atoms with Gasteiger partial charge in [-0.1, -0.05) is 128 Å². The van der Waals surface area contributed by atoms with Gasteiger partial charge in [0.05, 0.1) is 11.4 Å². The summed E-state index contributed by atoms with van der Waals surface area (Å²) in [5.74, 6) is 0.718. The molecule has 0 bridgehead atoms. The van der Waals surface area contributed by atoms with Gasteiger partial charge in [0.1, 0.15) is 0 Å². The van der Waals surface area contributed by atoms with E-state index < -0.39 is 0 Å². The van der Waals surface area contributed by atoms with Gasteiger partial charge in [-0.25, -0.2) is 9.97 Å². The van der Waals surface area contributed by atoms with Crippen molar-refractivity contribution in [2.24, 2.45) is 0 Å². The van der Waals surface area contributed by atoms with Crippen molar-refractivity contribution in [2.45, 2.75) is 34.1 Å². The predicted molar refractivity (Wildman–Crippen MR) is 201 cm³/mol. The minimum atomic E-state index is 0.718. The summed E-state index contributed by atoms with van der Waals surface area (Å²) in [6.45, 7) is 8.58. The maximum atomic E-state index is 5.35. The molecule has 1 heterocycles. The Labute approximate surface area is 277 Å². The third kappa shape index (κ3) is 5.79. The topological polar surface area (TPSA) is 25.8 Å². The van der Waals surface area contributed by atoms with Crippen LogP contribution in [0, 0.1) is 13.8 Å². The Bertz CT molecular complexity index is 2310. The third-order valence-corrected chi connectivity index (χ3v) is 9.04. The summed E-state index contributed by atoms with van der Waals surface area (Å²) in [6, 6.07) is 45.6. The molecule has 0 atom stereocenters. The van der Waals surface area contributed by atoms with Gasteiger partial charge in [-0.15, -0.1) is 0 Å². The Morgan fingerprint density at radius 2 is 1.26 bits per heavy atom. The minimum Gasteiger partial charge on any atom is -0.228 e. The Kier molecular flexibility index (Phi) is 8.33. The normalized spacial score (nSPS) is 12.0. The van der Waals surface area contributed by atoms with Gasteiger partial charge in [0.15, 0.2) is 5.82 Å². The van der Waals surface area contributed by atoms with Gasteiger partial charge >= 0.3 is 0 Å². The maximum Gasteiger partial charge on any atom is 0.160 e. The number of fused-ring (bicyclic) bond motifs is 3. The monoisotopic (exact) mass is 606 g/mol. The average molecular weight is 607 g/mol. The predicted octanol–water partition coefficient (Wildman–Crippen LogP) is 12.4. The summed E-state index contributed by atoms with van der Waals surface area (Å²) in [6.07, 6.45) is 7.61. The number of rotatable bonds is 7. The van der Waals surface area contributed by atoms with E-state index in [1.54, 1.807) is 0 Å². The Morgan fingerprint density at radius 1 is 0.596 bits per heavy atom. The first-order valence-electron chi connectivity index (χ1n) is 16.4. The van der Waals surface area contributed by atoms with E-state index in [0.29, 0.717) is 0 Å². The lowest BCUT2D eigenvalue weighted by molar-refractivity contribution is 1.14. The molecular formula is C45H38N2. The van der Waals surface area contributed by atoms with Crippen LogP contribution in [0.15, 0.2) is 146 Å². The molecule has 0 radical (unpaired) electrons. The fourth-order valence-corrected chi connectivity index (χ4v) is 6.60. The van der Waals surface area contributed by atoms with Crippen LogP contribution in [0.2, 0.25) is 0 Å². The van der Waals surface area contributed by atoms with Gasteiger partial charge in [-0.3, -0.25) is 0 Å². The lowest BCUT2D eigenvalue weighted by Gasteiger charge is -2.17. The zero-order chi connectivity index (χ0) is 32.3. The molecule has 0 aliphatic carbocycles. The highest BCUT2D eigenvalue weighted by molar-refractivity contribution is 6.14. The van der Waals surface area contributed by atoms with E-state index in [-0.39, 0.29) is 0 Å². The van der Waals surface area contributed by atoms with E-state index >= 15 is 0 Å². The SMILES string of the molecule is C/C=C(\C=C/CC)c1cc(-c2nc(-c3ccccc3)c(C)c(-c3ccccc3C)n2)cc(-c2cc3ccccc3c3ccccc23)c1. The fraction of sp³-hybridized carbons (Fsp3) is 0.111. The van der Waals surface area contributed by atoms with E-state index in [9.17, 15) is 0 Å². The zero-order valence-corrected chi connectivity index (χ0v) is 27.5. The Morgan fingerprint density at radius 3 is 2.02 bits per heavy atom. The molecule has 0 unspecified atom stereocenters. The number of aryl methyl sites for hydroxylation is 1. The molecule has 6 aromatic carbocycles. The third-order valence-electron chi connectivity index (χ3n) is 9.04. The molecule has 7 aromatic rings. The summed E-state index contributed by atoms with van der Waals surface area (Å²) in [7, 11) is 0. The van der Waals surface area contributed by atoms with Crippen LogP contribution in [0.5, 0.6) is 0 Å². The van der Waals surface area contributed by atoms with Crippen LogP contribution in [0.4, 0.5) is 0 Å². The second-order valence-electron chi connectivity index (χ2n) is 12.1. The van der Waals surface area contributed by atoms with Crippen molar-refractivity contribution in [1.29, 1.82) is 0 Å². The van der Waals surface area contributed by atoms with Gasteiger partial charge < -0.3 is 0 Å². The lowest BCUT2D eigenvalue weighted by atomic mass is 9.90. The van der Waals surface area contributed by atoms with Crippen LogP contribution in [0.3, 0.4) is 0 Å². The standard InChI is InChI=1S/C45H38N2/c1-5-7-18-32(6-2)35-26-36(42-29-34-21-12-14-23-39(34)40-24-15-16-25-41(40)42)28-37(27-35)45-46-43(33-19-9-8-10-20-33)31(4)44(47-45)38-22-13-11-17-30(38)3/h6-29H,5H2,1-4H3/b18-7-,32-6+. The summed E-state index contributed by atoms with van der Waals surface area (Å²) in [5, 5.41) is 4.98. The van der Waals surface area contributed by atoms with E-state index in [2.05, 4.69) is 173 Å². The number of hydrogen-bond acceptors (Lipinski definition) is 2. The second kappa shape index (κ2) is 13.0. The van der Waals surface area contributed by atoms with Crippen molar-refractivity contribution in [3.8, 4) is 45.0 Å². The number of nitrogens with zero attached hydrogens (tertiary/aromatic N) is 2. The van der Waals surface area contributed by atoms with Crippen LogP contribution >= 0.6 is 0 Å².